The molecule has 1 amide bonds. The van der Waals surface area contributed by atoms with Crippen molar-refractivity contribution in [3.8, 4) is 0 Å². The van der Waals surface area contributed by atoms with Crippen molar-refractivity contribution in [3.63, 3.8) is 0 Å². The summed E-state index contributed by atoms with van der Waals surface area (Å²) in [7, 11) is 1.73. The Kier molecular flexibility index (Phi) is 4.04. The Morgan fingerprint density at radius 1 is 1.32 bits per heavy atom. The van der Waals surface area contributed by atoms with Crippen LogP contribution in [0.4, 0.5) is 5.82 Å². The lowest BCUT2D eigenvalue weighted by atomic mass is 10.2. The molecule has 2 aromatic rings. The van der Waals surface area contributed by atoms with Crippen LogP contribution in [-0.4, -0.2) is 27.8 Å². The zero-order chi connectivity index (χ0) is 13.7. The third-order valence-electron chi connectivity index (χ3n) is 2.63. The van der Waals surface area contributed by atoms with E-state index in [0.717, 1.165) is 5.69 Å². The van der Waals surface area contributed by atoms with Crippen molar-refractivity contribution in [2.24, 2.45) is 5.84 Å². The summed E-state index contributed by atoms with van der Waals surface area (Å²) >= 11 is 0. The monoisotopic (exact) mass is 257 g/mol. The maximum absolute atomic E-state index is 12.2. The van der Waals surface area contributed by atoms with Gasteiger partial charge in [-0.1, -0.05) is 6.07 Å². The number of anilines is 1. The molecule has 98 valence electrons. The number of hydrogen-bond acceptors (Lipinski definition) is 5. The third kappa shape index (κ3) is 3.26. The first-order valence-electron chi connectivity index (χ1n) is 5.79. The standard InChI is InChI=1S/C13H15N5O/c1-18(9-11-4-2-3-6-15-11)13(19)10-5-7-16-12(8-10)17-14/h2-8H,9,14H2,1H3,(H,16,17). The second kappa shape index (κ2) is 5.92. The number of hydrazine groups is 1. The highest BCUT2D eigenvalue weighted by Gasteiger charge is 2.13. The van der Waals surface area contributed by atoms with Gasteiger partial charge in [-0.2, -0.15) is 0 Å². The molecule has 0 atom stereocenters. The van der Waals surface area contributed by atoms with Crippen molar-refractivity contribution in [2.75, 3.05) is 12.5 Å². The van der Waals surface area contributed by atoms with Crippen LogP contribution in [0, 0.1) is 0 Å². The van der Waals surface area contributed by atoms with Gasteiger partial charge in [-0.05, 0) is 24.3 Å². The van der Waals surface area contributed by atoms with Gasteiger partial charge in [0.05, 0.1) is 12.2 Å². The SMILES string of the molecule is CN(Cc1ccccn1)C(=O)c1ccnc(NN)c1. The zero-order valence-corrected chi connectivity index (χ0v) is 10.6. The van der Waals surface area contributed by atoms with Gasteiger partial charge in [-0.3, -0.25) is 9.78 Å². The molecule has 2 aromatic heterocycles. The molecule has 2 rings (SSSR count). The van der Waals surface area contributed by atoms with E-state index in [1.807, 2.05) is 18.2 Å². The highest BCUT2D eigenvalue weighted by molar-refractivity contribution is 5.94. The van der Waals surface area contributed by atoms with Crippen molar-refractivity contribution in [1.82, 2.24) is 14.9 Å². The summed E-state index contributed by atoms with van der Waals surface area (Å²) in [6.45, 7) is 0.452. The Hall–Kier alpha value is -2.47. The minimum atomic E-state index is -0.107. The van der Waals surface area contributed by atoms with E-state index in [1.165, 1.54) is 6.20 Å². The number of carbonyl (C=O) groups excluding carboxylic acids is 1. The van der Waals surface area contributed by atoms with Crippen molar-refractivity contribution < 1.29 is 4.79 Å². The van der Waals surface area contributed by atoms with Gasteiger partial charge in [0.2, 0.25) is 0 Å². The molecule has 0 radical (unpaired) electrons. The third-order valence-corrected chi connectivity index (χ3v) is 2.63. The highest BCUT2D eigenvalue weighted by atomic mass is 16.2. The molecule has 6 heteroatoms. The van der Waals surface area contributed by atoms with E-state index in [9.17, 15) is 4.79 Å². The Balaban J connectivity index is 2.10. The molecule has 0 fully saturated rings. The second-order valence-electron chi connectivity index (χ2n) is 4.06. The minimum absolute atomic E-state index is 0.107. The number of nitrogens with zero attached hydrogens (tertiary/aromatic N) is 3. The molecule has 0 spiro atoms. The lowest BCUT2D eigenvalue weighted by Gasteiger charge is -2.16. The fraction of sp³-hybridized carbons (Fsp3) is 0.154. The normalized spacial score (nSPS) is 10.0. The van der Waals surface area contributed by atoms with E-state index in [1.54, 1.807) is 30.3 Å². The Labute approximate surface area is 111 Å². The molecule has 0 saturated carbocycles. The topological polar surface area (TPSA) is 84.1 Å². The molecule has 19 heavy (non-hydrogen) atoms. The molecule has 0 saturated heterocycles. The van der Waals surface area contributed by atoms with Crippen LogP contribution in [0.5, 0.6) is 0 Å². The summed E-state index contributed by atoms with van der Waals surface area (Å²) in [6, 6.07) is 8.87. The summed E-state index contributed by atoms with van der Waals surface area (Å²) in [4.78, 5) is 22.0. The maximum atomic E-state index is 12.2. The molecule has 3 N–H and O–H groups in total. The maximum Gasteiger partial charge on any atom is 0.254 e. The Morgan fingerprint density at radius 2 is 2.16 bits per heavy atom. The zero-order valence-electron chi connectivity index (χ0n) is 10.6. The first kappa shape index (κ1) is 13.0. The summed E-state index contributed by atoms with van der Waals surface area (Å²) in [5.74, 6) is 5.62. The summed E-state index contributed by atoms with van der Waals surface area (Å²) in [5, 5.41) is 0. The fourth-order valence-electron chi connectivity index (χ4n) is 1.67. The van der Waals surface area contributed by atoms with Gasteiger partial charge >= 0.3 is 0 Å². The van der Waals surface area contributed by atoms with Gasteiger partial charge in [0, 0.05) is 25.0 Å². The number of nitrogens with one attached hydrogen (secondary N) is 1. The minimum Gasteiger partial charge on any atom is -0.336 e. The second-order valence-corrected chi connectivity index (χ2v) is 4.06. The molecular formula is C13H15N5O. The van der Waals surface area contributed by atoms with Crippen LogP contribution in [-0.2, 0) is 6.54 Å². The number of carbonyl (C=O) groups is 1. The number of amides is 1. The van der Waals surface area contributed by atoms with Crippen LogP contribution in [0.25, 0.3) is 0 Å². The molecular weight excluding hydrogens is 242 g/mol. The average Bonchev–Trinajstić information content (AvgIpc) is 2.47. The number of nitrogen functional groups attached to an aromatic ring is 1. The highest BCUT2D eigenvalue weighted by Crippen LogP contribution is 2.09. The average molecular weight is 257 g/mol. The van der Waals surface area contributed by atoms with Gasteiger partial charge in [0.15, 0.2) is 0 Å². The molecule has 6 nitrogen and oxygen atoms in total. The van der Waals surface area contributed by atoms with Crippen molar-refractivity contribution in [2.45, 2.75) is 6.54 Å². The van der Waals surface area contributed by atoms with Crippen LogP contribution >= 0.6 is 0 Å². The van der Waals surface area contributed by atoms with Crippen LogP contribution in [0.3, 0.4) is 0 Å². The van der Waals surface area contributed by atoms with E-state index in [0.29, 0.717) is 17.9 Å². The molecule has 0 aliphatic rings. The van der Waals surface area contributed by atoms with E-state index < -0.39 is 0 Å². The molecule has 0 aromatic carbocycles. The number of nitrogens with two attached hydrogens (primary N) is 1. The van der Waals surface area contributed by atoms with Gasteiger partial charge in [-0.25, -0.2) is 10.8 Å². The lowest BCUT2D eigenvalue weighted by Crippen LogP contribution is -2.26. The van der Waals surface area contributed by atoms with Gasteiger partial charge in [-0.15, -0.1) is 0 Å². The number of pyridine rings is 2. The number of aromatic nitrogens is 2. The van der Waals surface area contributed by atoms with E-state index >= 15 is 0 Å². The molecule has 0 aliphatic carbocycles. The van der Waals surface area contributed by atoms with E-state index in [2.05, 4.69) is 15.4 Å². The quantitative estimate of drug-likeness (QED) is 0.631. The lowest BCUT2D eigenvalue weighted by molar-refractivity contribution is 0.0783. The van der Waals surface area contributed by atoms with Crippen LogP contribution in [0.2, 0.25) is 0 Å². The van der Waals surface area contributed by atoms with Crippen molar-refractivity contribution >= 4 is 11.7 Å². The van der Waals surface area contributed by atoms with Crippen LogP contribution in [0.15, 0.2) is 42.7 Å². The number of rotatable bonds is 4. The van der Waals surface area contributed by atoms with Gasteiger partial charge in [0.25, 0.3) is 5.91 Å². The largest absolute Gasteiger partial charge is 0.336 e. The van der Waals surface area contributed by atoms with E-state index in [-0.39, 0.29) is 5.91 Å². The number of hydrogen-bond donors (Lipinski definition) is 2. The molecule has 0 bridgehead atoms. The molecule has 2 heterocycles. The first-order chi connectivity index (χ1) is 9.20. The summed E-state index contributed by atoms with van der Waals surface area (Å²) < 4.78 is 0. The first-order valence-corrected chi connectivity index (χ1v) is 5.79. The summed E-state index contributed by atoms with van der Waals surface area (Å²) in [5.41, 5.74) is 3.78. The summed E-state index contributed by atoms with van der Waals surface area (Å²) in [6.07, 6.45) is 3.24. The van der Waals surface area contributed by atoms with Crippen molar-refractivity contribution in [1.29, 1.82) is 0 Å². The molecule has 0 unspecified atom stereocenters. The van der Waals surface area contributed by atoms with Crippen LogP contribution < -0.4 is 11.3 Å². The Bertz CT molecular complexity index is 558. The predicted octanol–water partition coefficient (Wildman–Crippen LogP) is 1.03. The predicted molar refractivity (Wildman–Crippen MR) is 72.1 cm³/mol. The van der Waals surface area contributed by atoms with E-state index in [4.69, 9.17) is 5.84 Å². The molecule has 0 aliphatic heterocycles. The van der Waals surface area contributed by atoms with Gasteiger partial charge < -0.3 is 10.3 Å². The fourth-order valence-corrected chi connectivity index (χ4v) is 1.67. The smallest absolute Gasteiger partial charge is 0.254 e. The van der Waals surface area contributed by atoms with Gasteiger partial charge in [0.1, 0.15) is 5.82 Å². The van der Waals surface area contributed by atoms with Crippen molar-refractivity contribution in [3.05, 3.63) is 54.0 Å². The van der Waals surface area contributed by atoms with Crippen LogP contribution in [0.1, 0.15) is 16.1 Å². The Morgan fingerprint density at radius 3 is 2.84 bits per heavy atom.